The predicted molar refractivity (Wildman–Crippen MR) is 128 cm³/mol. The van der Waals surface area contributed by atoms with E-state index in [2.05, 4.69) is 20.6 Å². The van der Waals surface area contributed by atoms with Crippen LogP contribution in [0.4, 0.5) is 19.4 Å². The summed E-state index contributed by atoms with van der Waals surface area (Å²) in [6, 6.07) is 12.5. The largest absolute Gasteiger partial charge is 0.491 e. The summed E-state index contributed by atoms with van der Waals surface area (Å²) >= 11 is 0. The fraction of sp³-hybridized carbons (Fsp3) is 0.360. The highest BCUT2D eigenvalue weighted by atomic mass is 19.2. The number of amides is 2. The maximum atomic E-state index is 14.0. The first-order chi connectivity index (χ1) is 16.9. The molecule has 1 aromatic heterocycles. The van der Waals surface area contributed by atoms with Crippen LogP contribution >= 0.6 is 0 Å². The Bertz CT molecular complexity index is 1170. The van der Waals surface area contributed by atoms with E-state index in [0.717, 1.165) is 11.8 Å². The van der Waals surface area contributed by atoms with Gasteiger partial charge in [-0.15, -0.1) is 0 Å². The lowest BCUT2D eigenvalue weighted by Gasteiger charge is -2.21. The lowest BCUT2D eigenvalue weighted by molar-refractivity contribution is 0.159. The molecule has 2 aromatic carbocycles. The number of anilines is 1. The zero-order chi connectivity index (χ0) is 24.9. The van der Waals surface area contributed by atoms with Crippen LogP contribution < -0.4 is 15.4 Å². The molecule has 2 atom stereocenters. The van der Waals surface area contributed by atoms with Crippen molar-refractivity contribution in [2.45, 2.75) is 18.9 Å². The number of hydrogen-bond donors (Lipinski definition) is 2. The summed E-state index contributed by atoms with van der Waals surface area (Å²) in [6.45, 7) is 4.09. The molecule has 186 valence electrons. The number of nitrogens with zero attached hydrogens (tertiary/aromatic N) is 3. The second-order valence-electron chi connectivity index (χ2n) is 8.45. The number of urea groups is 1. The van der Waals surface area contributed by atoms with Gasteiger partial charge < -0.3 is 14.8 Å². The Morgan fingerprint density at radius 3 is 2.57 bits per heavy atom. The summed E-state index contributed by atoms with van der Waals surface area (Å²) in [5.74, 6) is -1.19. The Kier molecular flexibility index (Phi) is 7.62. The number of carbonyl (C=O) groups excluding carboxylic acids is 1. The van der Waals surface area contributed by atoms with Crippen molar-refractivity contribution in [3.63, 3.8) is 0 Å². The van der Waals surface area contributed by atoms with Gasteiger partial charge in [0.2, 0.25) is 0 Å². The Labute approximate surface area is 202 Å². The standard InChI is InChI=1S/C25H29F2N5O3/c1-16-23(35-3)24(32(30-16)18-7-5-4-6-8-18)29-25(33)28-22-15-31(11-12-34-2)14-19(22)17-9-10-20(26)21(27)13-17/h4-10,13,19,22H,11-12,14-15H2,1-3H3,(H2,28,29,33). The second-order valence-corrected chi connectivity index (χ2v) is 8.45. The molecule has 2 N–H and O–H groups in total. The van der Waals surface area contributed by atoms with Crippen LogP contribution in [0.15, 0.2) is 48.5 Å². The number of likely N-dealkylation sites (tertiary alicyclic amines) is 1. The van der Waals surface area contributed by atoms with Gasteiger partial charge in [-0.2, -0.15) is 5.10 Å². The summed E-state index contributed by atoms with van der Waals surface area (Å²) < 4.78 is 39.8. The van der Waals surface area contributed by atoms with E-state index in [4.69, 9.17) is 9.47 Å². The number of halogens is 2. The number of hydrogen-bond acceptors (Lipinski definition) is 5. The zero-order valence-corrected chi connectivity index (χ0v) is 19.9. The monoisotopic (exact) mass is 485 g/mol. The predicted octanol–water partition coefficient (Wildman–Crippen LogP) is 3.70. The van der Waals surface area contributed by atoms with E-state index in [1.165, 1.54) is 13.2 Å². The Morgan fingerprint density at radius 2 is 1.89 bits per heavy atom. The van der Waals surface area contributed by atoms with Crippen molar-refractivity contribution in [3.05, 3.63) is 71.4 Å². The number of methoxy groups -OCH3 is 2. The van der Waals surface area contributed by atoms with Gasteiger partial charge in [0.05, 0.1) is 25.4 Å². The fourth-order valence-corrected chi connectivity index (χ4v) is 4.45. The van der Waals surface area contributed by atoms with Gasteiger partial charge in [0.1, 0.15) is 5.69 Å². The van der Waals surface area contributed by atoms with Crippen molar-refractivity contribution < 1.29 is 23.0 Å². The van der Waals surface area contributed by atoms with Gasteiger partial charge in [0.15, 0.2) is 23.2 Å². The first-order valence-electron chi connectivity index (χ1n) is 11.3. The maximum absolute atomic E-state index is 14.0. The van der Waals surface area contributed by atoms with Crippen LogP contribution in [0.5, 0.6) is 5.75 Å². The number of nitrogens with one attached hydrogen (secondary N) is 2. The molecular weight excluding hydrogens is 456 g/mol. The highest BCUT2D eigenvalue weighted by Crippen LogP contribution is 2.32. The number of para-hydroxylation sites is 1. The molecule has 4 rings (SSSR count). The summed E-state index contributed by atoms with van der Waals surface area (Å²) in [5.41, 5.74) is 2.01. The molecule has 0 aliphatic carbocycles. The topological polar surface area (TPSA) is 80.7 Å². The van der Waals surface area contributed by atoms with Gasteiger partial charge in [0, 0.05) is 32.7 Å². The number of aromatic nitrogens is 2. The van der Waals surface area contributed by atoms with Crippen LogP contribution in [0.3, 0.4) is 0 Å². The lowest BCUT2D eigenvalue weighted by Crippen LogP contribution is -2.42. The summed E-state index contributed by atoms with van der Waals surface area (Å²) in [7, 11) is 3.14. The van der Waals surface area contributed by atoms with Gasteiger partial charge >= 0.3 is 6.03 Å². The van der Waals surface area contributed by atoms with E-state index in [1.807, 2.05) is 30.3 Å². The summed E-state index contributed by atoms with van der Waals surface area (Å²) in [4.78, 5) is 15.3. The molecule has 2 amide bonds. The lowest BCUT2D eigenvalue weighted by atomic mass is 9.94. The quantitative estimate of drug-likeness (QED) is 0.509. The Balaban J connectivity index is 1.56. The summed E-state index contributed by atoms with van der Waals surface area (Å²) in [5, 5.41) is 10.4. The third-order valence-electron chi connectivity index (χ3n) is 6.14. The number of ether oxygens (including phenoxy) is 2. The molecule has 0 radical (unpaired) electrons. The van der Waals surface area contributed by atoms with Crippen molar-refractivity contribution in [2.75, 3.05) is 45.8 Å². The average molecular weight is 486 g/mol. The van der Waals surface area contributed by atoms with Crippen LogP contribution in [-0.4, -0.2) is 67.2 Å². The van der Waals surface area contributed by atoms with Crippen molar-refractivity contribution >= 4 is 11.8 Å². The van der Waals surface area contributed by atoms with Crippen molar-refractivity contribution in [2.24, 2.45) is 0 Å². The van der Waals surface area contributed by atoms with Crippen LogP contribution in [0.25, 0.3) is 5.69 Å². The van der Waals surface area contributed by atoms with Gasteiger partial charge in [-0.05, 0) is 36.8 Å². The first kappa shape index (κ1) is 24.6. The molecule has 0 saturated carbocycles. The summed E-state index contributed by atoms with van der Waals surface area (Å²) in [6.07, 6.45) is 0. The molecule has 1 fully saturated rings. The van der Waals surface area contributed by atoms with E-state index in [0.29, 0.717) is 49.1 Å². The molecule has 0 bridgehead atoms. The average Bonchev–Trinajstić information content (AvgIpc) is 3.39. The van der Waals surface area contributed by atoms with Gasteiger partial charge in [-0.3, -0.25) is 10.2 Å². The van der Waals surface area contributed by atoms with E-state index in [1.54, 1.807) is 24.8 Å². The third-order valence-corrected chi connectivity index (χ3v) is 6.14. The number of carbonyl (C=O) groups is 1. The van der Waals surface area contributed by atoms with Crippen LogP contribution in [0, 0.1) is 18.6 Å². The molecule has 1 aliphatic heterocycles. The molecule has 10 heteroatoms. The molecule has 2 heterocycles. The highest BCUT2D eigenvalue weighted by Gasteiger charge is 2.35. The van der Waals surface area contributed by atoms with E-state index in [-0.39, 0.29) is 12.0 Å². The second kappa shape index (κ2) is 10.8. The minimum Gasteiger partial charge on any atom is -0.491 e. The van der Waals surface area contributed by atoms with E-state index < -0.39 is 17.7 Å². The molecule has 2 unspecified atom stereocenters. The maximum Gasteiger partial charge on any atom is 0.320 e. The number of benzene rings is 2. The minimum absolute atomic E-state index is 0.227. The van der Waals surface area contributed by atoms with Crippen molar-refractivity contribution in [1.29, 1.82) is 0 Å². The normalized spacial score (nSPS) is 18.0. The van der Waals surface area contributed by atoms with Gasteiger partial charge in [-0.1, -0.05) is 24.3 Å². The van der Waals surface area contributed by atoms with Crippen LogP contribution in [0.2, 0.25) is 0 Å². The van der Waals surface area contributed by atoms with E-state index >= 15 is 0 Å². The molecule has 35 heavy (non-hydrogen) atoms. The molecule has 3 aromatic rings. The van der Waals surface area contributed by atoms with Gasteiger partial charge in [0.25, 0.3) is 0 Å². The highest BCUT2D eigenvalue weighted by molar-refractivity contribution is 5.90. The third kappa shape index (κ3) is 5.44. The van der Waals surface area contributed by atoms with Crippen LogP contribution in [0.1, 0.15) is 17.2 Å². The fourth-order valence-electron chi connectivity index (χ4n) is 4.45. The zero-order valence-electron chi connectivity index (χ0n) is 19.9. The molecule has 8 nitrogen and oxygen atoms in total. The minimum atomic E-state index is -0.909. The van der Waals surface area contributed by atoms with Crippen LogP contribution in [-0.2, 0) is 4.74 Å². The van der Waals surface area contributed by atoms with Gasteiger partial charge in [-0.25, -0.2) is 18.3 Å². The molecule has 1 saturated heterocycles. The molecule has 1 aliphatic rings. The van der Waals surface area contributed by atoms with Crippen molar-refractivity contribution in [3.8, 4) is 11.4 Å². The Morgan fingerprint density at radius 1 is 1.11 bits per heavy atom. The Hall–Kier alpha value is -3.50. The number of rotatable bonds is 8. The van der Waals surface area contributed by atoms with E-state index in [9.17, 15) is 13.6 Å². The smallest absolute Gasteiger partial charge is 0.320 e. The SMILES string of the molecule is COCCN1CC(NC(=O)Nc2c(OC)c(C)nn2-c2ccccc2)C(c2ccc(F)c(F)c2)C1. The first-order valence-corrected chi connectivity index (χ1v) is 11.3. The van der Waals surface area contributed by atoms with Crippen molar-refractivity contribution in [1.82, 2.24) is 20.0 Å². The number of aryl methyl sites for hydroxylation is 1. The molecular formula is C25H29F2N5O3. The molecule has 0 spiro atoms.